The SMILES string of the molecule is N#Cc1ccc(S(=O)(=O)N2CCC(C(=O)Oc3ccc4oc5ccccc5c4c3)CC2)cc1. The molecule has 0 atom stereocenters. The molecule has 7 nitrogen and oxygen atoms in total. The van der Waals surface area contributed by atoms with Crippen LogP contribution in [0.15, 0.2) is 76.0 Å². The van der Waals surface area contributed by atoms with Gasteiger partial charge in [-0.3, -0.25) is 4.79 Å². The smallest absolute Gasteiger partial charge is 0.314 e. The number of piperidine rings is 1. The number of carbonyl (C=O) groups is 1. The van der Waals surface area contributed by atoms with Gasteiger partial charge in [0, 0.05) is 23.9 Å². The van der Waals surface area contributed by atoms with E-state index in [1.54, 1.807) is 18.2 Å². The lowest BCUT2D eigenvalue weighted by Crippen LogP contribution is -2.41. The first-order chi connectivity index (χ1) is 16.0. The van der Waals surface area contributed by atoms with E-state index in [0.717, 1.165) is 21.9 Å². The summed E-state index contributed by atoms with van der Waals surface area (Å²) in [6, 6.07) is 20.8. The van der Waals surface area contributed by atoms with Crippen LogP contribution in [0.3, 0.4) is 0 Å². The molecule has 0 unspecified atom stereocenters. The molecule has 0 N–H and O–H groups in total. The number of esters is 1. The normalized spacial score (nSPS) is 15.5. The molecule has 1 aliphatic heterocycles. The molecule has 1 aliphatic rings. The molecule has 1 aromatic heterocycles. The molecule has 0 spiro atoms. The van der Waals surface area contributed by atoms with Gasteiger partial charge < -0.3 is 9.15 Å². The molecular formula is C25H20N2O5S. The van der Waals surface area contributed by atoms with Gasteiger partial charge in [-0.1, -0.05) is 18.2 Å². The van der Waals surface area contributed by atoms with Crippen LogP contribution < -0.4 is 4.74 Å². The summed E-state index contributed by atoms with van der Waals surface area (Å²) in [7, 11) is -3.67. The maximum Gasteiger partial charge on any atom is 0.314 e. The predicted octanol–water partition coefficient (Wildman–Crippen LogP) is 4.46. The number of para-hydroxylation sites is 1. The lowest BCUT2D eigenvalue weighted by molar-refractivity contribution is -0.140. The Bertz CT molecular complexity index is 1490. The summed E-state index contributed by atoms with van der Waals surface area (Å²) in [5.74, 6) is -0.307. The maximum absolute atomic E-state index is 12.9. The standard InChI is InChI=1S/C25H20N2O5S/c26-16-17-5-8-20(9-6-17)33(29,30)27-13-11-18(12-14-27)25(28)31-19-7-10-24-22(15-19)21-3-1-2-4-23(21)32-24/h1-10,15,18H,11-14H2. The minimum Gasteiger partial charge on any atom is -0.456 e. The molecular weight excluding hydrogens is 440 g/mol. The molecule has 1 fully saturated rings. The van der Waals surface area contributed by atoms with E-state index in [9.17, 15) is 13.2 Å². The van der Waals surface area contributed by atoms with Crippen LogP contribution in [-0.4, -0.2) is 31.8 Å². The molecule has 0 aliphatic carbocycles. The van der Waals surface area contributed by atoms with Crippen molar-refractivity contribution >= 4 is 37.9 Å². The number of furan rings is 1. The van der Waals surface area contributed by atoms with E-state index in [2.05, 4.69) is 0 Å². The Morgan fingerprint density at radius 3 is 2.39 bits per heavy atom. The summed E-state index contributed by atoms with van der Waals surface area (Å²) in [6.07, 6.45) is 0.760. The van der Waals surface area contributed by atoms with Gasteiger partial charge in [0.1, 0.15) is 16.9 Å². The van der Waals surface area contributed by atoms with Crippen LogP contribution in [0.5, 0.6) is 5.75 Å². The number of benzene rings is 3. The Morgan fingerprint density at radius 1 is 0.970 bits per heavy atom. The predicted molar refractivity (Wildman–Crippen MR) is 122 cm³/mol. The van der Waals surface area contributed by atoms with Crippen LogP contribution in [0, 0.1) is 17.2 Å². The largest absolute Gasteiger partial charge is 0.456 e. The van der Waals surface area contributed by atoms with Crippen LogP contribution in [0.25, 0.3) is 21.9 Å². The third kappa shape index (κ3) is 3.97. The second-order valence-corrected chi connectivity index (χ2v) is 9.93. The van der Waals surface area contributed by atoms with E-state index in [1.807, 2.05) is 30.3 Å². The first-order valence-electron chi connectivity index (χ1n) is 10.6. The van der Waals surface area contributed by atoms with E-state index in [-0.39, 0.29) is 29.9 Å². The summed E-state index contributed by atoms with van der Waals surface area (Å²) in [5.41, 5.74) is 1.89. The van der Waals surface area contributed by atoms with Gasteiger partial charge in [0.2, 0.25) is 10.0 Å². The van der Waals surface area contributed by atoms with Crippen LogP contribution >= 0.6 is 0 Å². The van der Waals surface area contributed by atoms with E-state index in [1.165, 1.54) is 28.6 Å². The molecule has 166 valence electrons. The van der Waals surface area contributed by atoms with Gasteiger partial charge >= 0.3 is 5.97 Å². The third-order valence-electron chi connectivity index (χ3n) is 5.98. The molecule has 33 heavy (non-hydrogen) atoms. The second kappa shape index (κ2) is 8.35. The fraction of sp³-hybridized carbons (Fsp3) is 0.200. The highest BCUT2D eigenvalue weighted by Crippen LogP contribution is 2.32. The monoisotopic (exact) mass is 460 g/mol. The zero-order valence-corrected chi connectivity index (χ0v) is 18.4. The Hall–Kier alpha value is -3.67. The van der Waals surface area contributed by atoms with Crippen LogP contribution in [0.2, 0.25) is 0 Å². The highest BCUT2D eigenvalue weighted by molar-refractivity contribution is 7.89. The van der Waals surface area contributed by atoms with Crippen molar-refractivity contribution in [2.75, 3.05) is 13.1 Å². The minimum absolute atomic E-state index is 0.142. The van der Waals surface area contributed by atoms with Gasteiger partial charge in [0.25, 0.3) is 0 Å². The number of hydrogen-bond donors (Lipinski definition) is 0. The van der Waals surface area contributed by atoms with Crippen molar-refractivity contribution in [1.82, 2.24) is 4.31 Å². The van der Waals surface area contributed by atoms with E-state index >= 15 is 0 Å². The highest BCUT2D eigenvalue weighted by Gasteiger charge is 2.33. The van der Waals surface area contributed by atoms with Crippen LogP contribution in [0.1, 0.15) is 18.4 Å². The summed E-state index contributed by atoms with van der Waals surface area (Å²) in [4.78, 5) is 12.9. The fourth-order valence-electron chi connectivity index (χ4n) is 4.15. The summed E-state index contributed by atoms with van der Waals surface area (Å²) >= 11 is 0. The Kier molecular flexibility index (Phi) is 5.36. The van der Waals surface area contributed by atoms with E-state index in [0.29, 0.717) is 24.2 Å². The quantitative estimate of drug-likeness (QED) is 0.329. The van der Waals surface area contributed by atoms with Crippen molar-refractivity contribution in [2.24, 2.45) is 5.92 Å². The number of rotatable bonds is 4. The molecule has 4 aromatic rings. The lowest BCUT2D eigenvalue weighted by Gasteiger charge is -2.30. The van der Waals surface area contributed by atoms with Crippen molar-refractivity contribution in [3.05, 3.63) is 72.3 Å². The highest BCUT2D eigenvalue weighted by atomic mass is 32.2. The molecule has 0 radical (unpaired) electrons. The maximum atomic E-state index is 12.9. The minimum atomic E-state index is -3.67. The Labute approximate surface area is 190 Å². The lowest BCUT2D eigenvalue weighted by atomic mass is 9.98. The first-order valence-corrected chi connectivity index (χ1v) is 12.0. The molecule has 5 rings (SSSR count). The number of carbonyl (C=O) groups excluding carboxylic acids is 1. The number of ether oxygens (including phenoxy) is 1. The molecule has 8 heteroatoms. The summed E-state index contributed by atoms with van der Waals surface area (Å²) in [6.45, 7) is 0.459. The average Bonchev–Trinajstić information content (AvgIpc) is 3.22. The summed E-state index contributed by atoms with van der Waals surface area (Å²) in [5, 5.41) is 10.7. The zero-order valence-electron chi connectivity index (χ0n) is 17.6. The van der Waals surface area contributed by atoms with Gasteiger partial charge in [0.05, 0.1) is 22.4 Å². The topological polar surface area (TPSA) is 101 Å². The number of nitrogens with zero attached hydrogens (tertiary/aromatic N) is 2. The molecule has 0 bridgehead atoms. The van der Waals surface area contributed by atoms with Gasteiger partial charge in [-0.25, -0.2) is 8.42 Å². The Balaban J connectivity index is 1.26. The molecule has 1 saturated heterocycles. The average molecular weight is 461 g/mol. The molecule has 0 saturated carbocycles. The Morgan fingerprint density at radius 2 is 1.67 bits per heavy atom. The number of sulfonamides is 1. The van der Waals surface area contributed by atoms with Crippen LogP contribution in [-0.2, 0) is 14.8 Å². The van der Waals surface area contributed by atoms with Gasteiger partial charge in [-0.2, -0.15) is 9.57 Å². The number of fused-ring (bicyclic) bond motifs is 3. The number of nitriles is 1. The molecule has 0 amide bonds. The van der Waals surface area contributed by atoms with Gasteiger partial charge in [0.15, 0.2) is 0 Å². The molecule has 2 heterocycles. The third-order valence-corrected chi connectivity index (χ3v) is 7.89. The van der Waals surface area contributed by atoms with Crippen molar-refractivity contribution < 1.29 is 22.4 Å². The fourth-order valence-corrected chi connectivity index (χ4v) is 5.62. The van der Waals surface area contributed by atoms with E-state index in [4.69, 9.17) is 14.4 Å². The number of hydrogen-bond acceptors (Lipinski definition) is 6. The summed E-state index contributed by atoms with van der Waals surface area (Å²) < 4.78 is 38.6. The van der Waals surface area contributed by atoms with Gasteiger partial charge in [-0.05, 0) is 61.4 Å². The van der Waals surface area contributed by atoms with Crippen molar-refractivity contribution in [3.63, 3.8) is 0 Å². The van der Waals surface area contributed by atoms with Crippen LogP contribution in [0.4, 0.5) is 0 Å². The second-order valence-electron chi connectivity index (χ2n) is 7.99. The zero-order chi connectivity index (χ0) is 23.0. The van der Waals surface area contributed by atoms with Crippen molar-refractivity contribution in [1.29, 1.82) is 5.26 Å². The molecule has 3 aromatic carbocycles. The van der Waals surface area contributed by atoms with Crippen molar-refractivity contribution in [2.45, 2.75) is 17.7 Å². The first kappa shape index (κ1) is 21.2. The van der Waals surface area contributed by atoms with Gasteiger partial charge in [-0.15, -0.1) is 0 Å². The van der Waals surface area contributed by atoms with E-state index < -0.39 is 10.0 Å². The van der Waals surface area contributed by atoms with Crippen molar-refractivity contribution in [3.8, 4) is 11.8 Å².